The molecule has 0 aliphatic heterocycles. The Labute approximate surface area is 137 Å². The summed E-state index contributed by atoms with van der Waals surface area (Å²) in [5, 5.41) is 4.99. The van der Waals surface area contributed by atoms with Gasteiger partial charge in [-0.05, 0) is 30.5 Å². The average molecular weight is 321 g/mol. The van der Waals surface area contributed by atoms with Gasteiger partial charge < -0.3 is 10.3 Å². The minimum atomic E-state index is -0.145. The van der Waals surface area contributed by atoms with Gasteiger partial charge in [-0.25, -0.2) is 0 Å². The van der Waals surface area contributed by atoms with Crippen molar-refractivity contribution in [3.63, 3.8) is 0 Å². The monoisotopic (exact) mass is 320 g/mol. The Morgan fingerprint density at radius 2 is 2.00 bits per heavy atom. The fraction of sp³-hybridized carbons (Fsp3) is 0.500. The lowest BCUT2D eigenvalue weighted by Crippen LogP contribution is -2.39. The van der Waals surface area contributed by atoms with Gasteiger partial charge in [0, 0.05) is 40.0 Å². The van der Waals surface area contributed by atoms with Crippen molar-refractivity contribution in [2.45, 2.75) is 46.0 Å². The Bertz CT molecular complexity index is 656. The molecule has 0 atom stereocenters. The highest BCUT2D eigenvalue weighted by molar-refractivity contribution is 6.31. The van der Waals surface area contributed by atoms with E-state index in [9.17, 15) is 4.79 Å². The quantitative estimate of drug-likeness (QED) is 0.799. The number of aromatic amines is 1. The van der Waals surface area contributed by atoms with Crippen molar-refractivity contribution in [1.29, 1.82) is 0 Å². The van der Waals surface area contributed by atoms with E-state index in [0.717, 1.165) is 28.8 Å². The number of halogens is 1. The highest BCUT2D eigenvalue weighted by Crippen LogP contribution is 2.31. The maximum absolute atomic E-state index is 12.2. The van der Waals surface area contributed by atoms with Crippen molar-refractivity contribution in [1.82, 2.24) is 10.3 Å². The lowest BCUT2D eigenvalue weighted by molar-refractivity contribution is -0.125. The normalized spacial score (nSPS) is 12.1. The van der Waals surface area contributed by atoms with Crippen molar-refractivity contribution < 1.29 is 4.79 Å². The van der Waals surface area contributed by atoms with Crippen LogP contribution in [0.4, 0.5) is 0 Å². The summed E-state index contributed by atoms with van der Waals surface area (Å²) in [6.45, 7) is 9.04. The predicted molar refractivity (Wildman–Crippen MR) is 93.4 cm³/mol. The van der Waals surface area contributed by atoms with Crippen LogP contribution in [0, 0.1) is 5.92 Å². The van der Waals surface area contributed by atoms with Crippen LogP contribution < -0.4 is 5.32 Å². The van der Waals surface area contributed by atoms with Gasteiger partial charge in [0.25, 0.3) is 0 Å². The van der Waals surface area contributed by atoms with Gasteiger partial charge in [0.05, 0.1) is 0 Å². The first-order chi connectivity index (χ1) is 10.4. The van der Waals surface area contributed by atoms with Crippen molar-refractivity contribution in [2.75, 3.05) is 6.54 Å². The van der Waals surface area contributed by atoms with E-state index in [2.05, 4.69) is 38.0 Å². The number of amides is 1. The number of hydrogen-bond donors (Lipinski definition) is 2. The molecule has 0 bridgehead atoms. The van der Waals surface area contributed by atoms with E-state index in [-0.39, 0.29) is 17.2 Å². The summed E-state index contributed by atoms with van der Waals surface area (Å²) >= 11 is 6.03. The third-order valence-corrected chi connectivity index (χ3v) is 4.67. The Morgan fingerprint density at radius 1 is 1.32 bits per heavy atom. The van der Waals surface area contributed by atoms with Crippen LogP contribution in [-0.4, -0.2) is 17.4 Å². The molecule has 1 heterocycles. The molecule has 0 unspecified atom stereocenters. The number of fused-ring (bicyclic) bond motifs is 1. The Kier molecular flexibility index (Phi) is 5.17. The first kappa shape index (κ1) is 16.9. The van der Waals surface area contributed by atoms with Crippen molar-refractivity contribution >= 4 is 28.4 Å². The van der Waals surface area contributed by atoms with Crippen molar-refractivity contribution in [2.24, 2.45) is 5.92 Å². The number of benzene rings is 1. The molecule has 0 saturated heterocycles. The Morgan fingerprint density at radius 3 is 2.64 bits per heavy atom. The fourth-order valence-electron chi connectivity index (χ4n) is 2.87. The first-order valence-electron chi connectivity index (χ1n) is 7.93. The highest BCUT2D eigenvalue weighted by Gasteiger charge is 2.26. The molecule has 0 fully saturated rings. The van der Waals surface area contributed by atoms with E-state index in [1.165, 1.54) is 5.56 Å². The first-order valence-corrected chi connectivity index (χ1v) is 8.31. The zero-order valence-electron chi connectivity index (χ0n) is 13.8. The number of H-pyrrole nitrogens is 1. The molecule has 1 aromatic heterocycles. The molecule has 120 valence electrons. The van der Waals surface area contributed by atoms with E-state index in [0.29, 0.717) is 6.54 Å². The third-order valence-electron chi connectivity index (χ3n) is 4.43. The molecule has 2 rings (SSSR count). The van der Waals surface area contributed by atoms with Gasteiger partial charge in [0.15, 0.2) is 0 Å². The lowest BCUT2D eigenvalue weighted by atomic mass is 9.84. The highest BCUT2D eigenvalue weighted by atomic mass is 35.5. The molecule has 0 aliphatic rings. The van der Waals surface area contributed by atoms with Gasteiger partial charge in [-0.15, -0.1) is 0 Å². The summed E-state index contributed by atoms with van der Waals surface area (Å²) < 4.78 is 0. The lowest BCUT2D eigenvalue weighted by Gasteiger charge is -2.26. The molecule has 2 N–H and O–H groups in total. The number of aromatic nitrogens is 1. The summed E-state index contributed by atoms with van der Waals surface area (Å²) in [5.74, 6) is 0.263. The van der Waals surface area contributed by atoms with E-state index >= 15 is 0 Å². The summed E-state index contributed by atoms with van der Waals surface area (Å²) in [6.07, 6.45) is 3.78. The summed E-state index contributed by atoms with van der Waals surface area (Å²) in [6, 6.07) is 5.87. The minimum absolute atomic E-state index is 0.109. The Hall–Kier alpha value is -1.48. The van der Waals surface area contributed by atoms with Gasteiger partial charge in [-0.1, -0.05) is 45.4 Å². The van der Waals surface area contributed by atoms with E-state index in [1.807, 2.05) is 24.4 Å². The molecule has 0 radical (unpaired) electrons. The van der Waals surface area contributed by atoms with Crippen LogP contribution in [0.15, 0.2) is 24.4 Å². The van der Waals surface area contributed by atoms with Crippen LogP contribution in [0.2, 0.25) is 5.02 Å². The molecule has 0 aliphatic carbocycles. The van der Waals surface area contributed by atoms with Crippen LogP contribution in [0.5, 0.6) is 0 Å². The zero-order valence-corrected chi connectivity index (χ0v) is 14.6. The number of hydrogen-bond acceptors (Lipinski definition) is 1. The van der Waals surface area contributed by atoms with Gasteiger partial charge >= 0.3 is 0 Å². The number of nitrogens with one attached hydrogen (secondary N) is 2. The van der Waals surface area contributed by atoms with E-state index in [1.54, 1.807) is 0 Å². The van der Waals surface area contributed by atoms with E-state index < -0.39 is 0 Å². The topological polar surface area (TPSA) is 44.9 Å². The number of carbonyl (C=O) groups excluding carboxylic acids is 1. The molecule has 0 saturated carbocycles. The predicted octanol–water partition coefficient (Wildman–Crippen LogP) is 4.65. The smallest absolute Gasteiger partial charge is 0.223 e. The summed E-state index contributed by atoms with van der Waals surface area (Å²) in [5.41, 5.74) is 2.08. The van der Waals surface area contributed by atoms with Gasteiger partial charge in [-0.2, -0.15) is 0 Å². The number of carbonyl (C=O) groups is 1. The van der Waals surface area contributed by atoms with Crippen LogP contribution in [0.3, 0.4) is 0 Å². The summed E-state index contributed by atoms with van der Waals surface area (Å²) in [7, 11) is 0. The SMILES string of the molecule is CCC(CC)C(=O)NCC(C)(C)c1c[nH]c2cc(Cl)ccc12. The fourth-order valence-corrected chi connectivity index (χ4v) is 3.04. The Balaban J connectivity index is 2.17. The second kappa shape index (κ2) is 6.74. The molecule has 1 aromatic carbocycles. The maximum atomic E-state index is 12.2. The minimum Gasteiger partial charge on any atom is -0.361 e. The number of rotatable bonds is 6. The van der Waals surface area contributed by atoms with Crippen molar-refractivity contribution in [3.8, 4) is 0 Å². The van der Waals surface area contributed by atoms with Crippen LogP contribution >= 0.6 is 11.6 Å². The van der Waals surface area contributed by atoms with E-state index in [4.69, 9.17) is 11.6 Å². The van der Waals surface area contributed by atoms with Crippen LogP contribution in [-0.2, 0) is 10.2 Å². The van der Waals surface area contributed by atoms with Crippen LogP contribution in [0.1, 0.15) is 46.1 Å². The molecule has 1 amide bonds. The maximum Gasteiger partial charge on any atom is 0.223 e. The molecule has 0 spiro atoms. The van der Waals surface area contributed by atoms with Gasteiger partial charge in [0.2, 0.25) is 5.91 Å². The molecular formula is C18H25ClN2O. The largest absolute Gasteiger partial charge is 0.361 e. The summed E-state index contributed by atoms with van der Waals surface area (Å²) in [4.78, 5) is 15.5. The molecule has 22 heavy (non-hydrogen) atoms. The standard InChI is InChI=1S/C18H25ClN2O/c1-5-12(6-2)17(22)21-11-18(3,4)15-10-20-16-9-13(19)7-8-14(15)16/h7-10,12,20H,5-6,11H2,1-4H3,(H,21,22). The third kappa shape index (κ3) is 3.46. The molecule has 4 heteroatoms. The molecule has 3 nitrogen and oxygen atoms in total. The van der Waals surface area contributed by atoms with Crippen molar-refractivity contribution in [3.05, 3.63) is 35.0 Å². The van der Waals surface area contributed by atoms with Gasteiger partial charge in [0.1, 0.15) is 0 Å². The zero-order chi connectivity index (χ0) is 16.3. The second-order valence-corrected chi connectivity index (χ2v) is 6.94. The van der Waals surface area contributed by atoms with Crippen LogP contribution in [0.25, 0.3) is 10.9 Å². The average Bonchev–Trinajstić information content (AvgIpc) is 2.90. The second-order valence-electron chi connectivity index (χ2n) is 6.51. The molecule has 2 aromatic rings. The molecular weight excluding hydrogens is 296 g/mol. The van der Waals surface area contributed by atoms with Gasteiger partial charge in [-0.3, -0.25) is 4.79 Å².